The summed E-state index contributed by atoms with van der Waals surface area (Å²) in [6, 6.07) is 17.7. The van der Waals surface area contributed by atoms with Gasteiger partial charge in [-0.1, -0.05) is 36.4 Å². The number of hydrogen-bond donors (Lipinski definition) is 0. The van der Waals surface area contributed by atoms with Gasteiger partial charge in [-0.05, 0) is 99.1 Å². The number of halogens is 2. The minimum absolute atomic E-state index is 0.198. The Morgan fingerprint density at radius 1 is 1.00 bits per heavy atom. The SMILES string of the molecule is CCOc1c(I)cc(/C=C2\SC(=O)N(CCOc3cccc4ccccc34)C2=O)cc1I. The van der Waals surface area contributed by atoms with E-state index in [4.69, 9.17) is 9.47 Å². The van der Waals surface area contributed by atoms with Crippen molar-refractivity contribution >= 4 is 84.9 Å². The highest BCUT2D eigenvalue weighted by Crippen LogP contribution is 2.35. The number of carbonyl (C=O) groups is 2. The standard InChI is InChI=1S/C24H19I2NO4S/c1-2-30-22-18(25)12-15(13-19(22)26)14-21-23(28)27(24(29)32-21)10-11-31-20-9-5-7-16-6-3-4-8-17(16)20/h3-9,12-14H,2,10-11H2,1H3/b21-14-. The quantitative estimate of drug-likeness (QED) is 0.211. The first-order chi connectivity index (χ1) is 15.5. The number of thioether (sulfide) groups is 1. The highest BCUT2D eigenvalue weighted by atomic mass is 127. The number of rotatable bonds is 7. The molecule has 0 spiro atoms. The molecular formula is C24H19I2NO4S. The number of amides is 2. The fourth-order valence-electron chi connectivity index (χ4n) is 3.36. The Bertz CT molecular complexity index is 1200. The van der Waals surface area contributed by atoms with Crippen molar-refractivity contribution in [1.82, 2.24) is 4.90 Å². The van der Waals surface area contributed by atoms with Gasteiger partial charge in [0.25, 0.3) is 11.1 Å². The lowest BCUT2D eigenvalue weighted by Gasteiger charge is -2.14. The largest absolute Gasteiger partial charge is 0.492 e. The number of hydrogen-bond acceptors (Lipinski definition) is 5. The van der Waals surface area contributed by atoms with Crippen molar-refractivity contribution in [3.8, 4) is 11.5 Å². The molecule has 0 bridgehead atoms. The smallest absolute Gasteiger partial charge is 0.293 e. The molecule has 0 radical (unpaired) electrons. The zero-order valence-electron chi connectivity index (χ0n) is 17.1. The number of imide groups is 1. The number of carbonyl (C=O) groups excluding carboxylic acids is 2. The lowest BCUT2D eigenvalue weighted by molar-refractivity contribution is -0.123. The summed E-state index contributed by atoms with van der Waals surface area (Å²) in [6.45, 7) is 2.97. The van der Waals surface area contributed by atoms with E-state index in [1.165, 1.54) is 4.90 Å². The molecule has 0 aliphatic carbocycles. The summed E-state index contributed by atoms with van der Waals surface area (Å²) in [5, 5.41) is 1.81. The molecule has 1 fully saturated rings. The van der Waals surface area contributed by atoms with Crippen LogP contribution in [0.1, 0.15) is 12.5 Å². The summed E-state index contributed by atoms with van der Waals surface area (Å²) in [6.07, 6.45) is 1.76. The topological polar surface area (TPSA) is 55.8 Å². The summed E-state index contributed by atoms with van der Waals surface area (Å²) in [7, 11) is 0. The van der Waals surface area contributed by atoms with Crippen LogP contribution in [0.4, 0.5) is 4.79 Å². The summed E-state index contributed by atoms with van der Waals surface area (Å²) in [4.78, 5) is 27.0. The van der Waals surface area contributed by atoms with Crippen LogP contribution in [-0.4, -0.2) is 35.8 Å². The number of benzene rings is 3. The first-order valence-corrected chi connectivity index (χ1v) is 12.9. The Kier molecular flexibility index (Phi) is 7.62. The van der Waals surface area contributed by atoms with Crippen molar-refractivity contribution in [2.45, 2.75) is 6.92 Å². The van der Waals surface area contributed by atoms with E-state index in [-0.39, 0.29) is 24.3 Å². The van der Waals surface area contributed by atoms with E-state index in [0.29, 0.717) is 11.5 Å². The summed E-state index contributed by atoms with van der Waals surface area (Å²) >= 11 is 5.40. The Labute approximate surface area is 217 Å². The van der Waals surface area contributed by atoms with E-state index in [2.05, 4.69) is 45.2 Å². The molecular weight excluding hydrogens is 652 g/mol. The highest BCUT2D eigenvalue weighted by Gasteiger charge is 2.34. The van der Waals surface area contributed by atoms with Gasteiger partial charge in [-0.25, -0.2) is 0 Å². The van der Waals surface area contributed by atoms with Crippen LogP contribution >= 0.6 is 56.9 Å². The number of nitrogens with zero attached hydrogens (tertiary/aromatic N) is 1. The predicted octanol–water partition coefficient (Wildman–Crippen LogP) is 6.56. The van der Waals surface area contributed by atoms with Crippen LogP contribution in [0.5, 0.6) is 11.5 Å². The summed E-state index contributed by atoms with van der Waals surface area (Å²) < 4.78 is 13.5. The van der Waals surface area contributed by atoms with Gasteiger partial charge in [0.15, 0.2) is 0 Å². The minimum Gasteiger partial charge on any atom is -0.492 e. The molecule has 2 amide bonds. The fourth-order valence-corrected chi connectivity index (χ4v) is 6.35. The third kappa shape index (κ3) is 5.07. The fraction of sp³-hybridized carbons (Fsp3) is 0.167. The normalized spacial score (nSPS) is 15.1. The molecule has 3 aromatic carbocycles. The molecule has 5 nitrogen and oxygen atoms in total. The van der Waals surface area contributed by atoms with Crippen LogP contribution in [0.15, 0.2) is 59.5 Å². The lowest BCUT2D eigenvalue weighted by Crippen LogP contribution is -2.32. The monoisotopic (exact) mass is 671 g/mol. The van der Waals surface area contributed by atoms with Gasteiger partial charge in [0.05, 0.1) is 25.2 Å². The average Bonchev–Trinajstić information content (AvgIpc) is 3.03. The molecule has 0 aromatic heterocycles. The molecule has 32 heavy (non-hydrogen) atoms. The molecule has 0 saturated carbocycles. The van der Waals surface area contributed by atoms with Gasteiger partial charge < -0.3 is 9.47 Å². The highest BCUT2D eigenvalue weighted by molar-refractivity contribution is 14.1. The second kappa shape index (κ2) is 10.4. The maximum absolute atomic E-state index is 12.8. The zero-order chi connectivity index (χ0) is 22.7. The van der Waals surface area contributed by atoms with Crippen LogP contribution in [0.25, 0.3) is 16.8 Å². The molecule has 3 aromatic rings. The van der Waals surface area contributed by atoms with Crippen molar-refractivity contribution in [2.75, 3.05) is 19.8 Å². The van der Waals surface area contributed by atoms with Gasteiger partial charge in [-0.2, -0.15) is 0 Å². The van der Waals surface area contributed by atoms with Gasteiger partial charge in [-0.15, -0.1) is 0 Å². The van der Waals surface area contributed by atoms with Crippen LogP contribution in [0.2, 0.25) is 0 Å². The molecule has 4 rings (SSSR count). The van der Waals surface area contributed by atoms with Crippen LogP contribution in [0.3, 0.4) is 0 Å². The molecule has 164 valence electrons. The van der Waals surface area contributed by atoms with Gasteiger partial charge >= 0.3 is 0 Å². The molecule has 1 aliphatic heterocycles. The summed E-state index contributed by atoms with van der Waals surface area (Å²) in [5.74, 6) is 1.29. The van der Waals surface area contributed by atoms with Crippen LogP contribution < -0.4 is 9.47 Å². The van der Waals surface area contributed by atoms with Crippen molar-refractivity contribution in [2.24, 2.45) is 0 Å². The van der Waals surface area contributed by atoms with E-state index < -0.39 is 0 Å². The summed E-state index contributed by atoms with van der Waals surface area (Å²) in [5.41, 5.74) is 0.861. The van der Waals surface area contributed by atoms with E-state index in [1.807, 2.05) is 61.5 Å². The maximum Gasteiger partial charge on any atom is 0.293 e. The molecule has 0 atom stereocenters. The third-order valence-electron chi connectivity index (χ3n) is 4.80. The number of fused-ring (bicyclic) bond motifs is 1. The first-order valence-electron chi connectivity index (χ1n) is 9.95. The van der Waals surface area contributed by atoms with E-state index in [1.54, 1.807) is 6.08 Å². The third-order valence-corrected chi connectivity index (χ3v) is 7.31. The Balaban J connectivity index is 1.45. The second-order valence-corrected chi connectivity index (χ2v) is 10.2. The van der Waals surface area contributed by atoms with E-state index in [0.717, 1.165) is 46.7 Å². The molecule has 8 heteroatoms. The molecule has 1 heterocycles. The Morgan fingerprint density at radius 3 is 2.47 bits per heavy atom. The van der Waals surface area contributed by atoms with Gasteiger partial charge in [-0.3, -0.25) is 14.5 Å². The van der Waals surface area contributed by atoms with E-state index in [9.17, 15) is 9.59 Å². The van der Waals surface area contributed by atoms with Crippen molar-refractivity contribution in [1.29, 1.82) is 0 Å². The van der Waals surface area contributed by atoms with Crippen LogP contribution in [-0.2, 0) is 4.79 Å². The van der Waals surface area contributed by atoms with Crippen molar-refractivity contribution in [3.05, 3.63) is 72.2 Å². The first kappa shape index (κ1) is 23.4. The predicted molar refractivity (Wildman–Crippen MR) is 145 cm³/mol. The second-order valence-electron chi connectivity index (χ2n) is 6.91. The molecule has 1 aliphatic rings. The van der Waals surface area contributed by atoms with Crippen LogP contribution in [0, 0.1) is 7.14 Å². The van der Waals surface area contributed by atoms with E-state index >= 15 is 0 Å². The van der Waals surface area contributed by atoms with Crippen molar-refractivity contribution in [3.63, 3.8) is 0 Å². The lowest BCUT2D eigenvalue weighted by atomic mass is 10.1. The van der Waals surface area contributed by atoms with Gasteiger partial charge in [0.2, 0.25) is 0 Å². The van der Waals surface area contributed by atoms with Gasteiger partial charge in [0, 0.05) is 5.39 Å². The Hall–Kier alpha value is -1.79. The number of ether oxygens (including phenoxy) is 2. The van der Waals surface area contributed by atoms with Crippen molar-refractivity contribution < 1.29 is 19.1 Å². The van der Waals surface area contributed by atoms with Gasteiger partial charge in [0.1, 0.15) is 18.1 Å². The zero-order valence-corrected chi connectivity index (χ0v) is 22.3. The average molecular weight is 671 g/mol. The molecule has 1 saturated heterocycles. The minimum atomic E-state index is -0.291. The molecule has 0 unspecified atom stereocenters. The Morgan fingerprint density at radius 2 is 1.72 bits per heavy atom. The molecule has 0 N–H and O–H groups in total. The maximum atomic E-state index is 12.8.